The van der Waals surface area contributed by atoms with E-state index in [2.05, 4.69) is 58.2 Å². The molecule has 0 aliphatic carbocycles. The molecule has 0 saturated carbocycles. The van der Waals surface area contributed by atoms with Gasteiger partial charge in [0.2, 0.25) is 0 Å². The first-order chi connectivity index (χ1) is 14.2. The van der Waals surface area contributed by atoms with Gasteiger partial charge in [-0.1, -0.05) is 29.8 Å². The summed E-state index contributed by atoms with van der Waals surface area (Å²) in [5.41, 5.74) is 6.05. The molecule has 4 heterocycles. The number of aromatic nitrogens is 3. The van der Waals surface area contributed by atoms with Crippen LogP contribution >= 0.6 is 11.3 Å². The molecule has 1 aliphatic rings. The van der Waals surface area contributed by atoms with E-state index < -0.39 is 0 Å². The van der Waals surface area contributed by atoms with Crippen molar-refractivity contribution in [1.29, 1.82) is 0 Å². The molecular formula is C24H22N4S. The second-order valence-corrected chi connectivity index (χ2v) is 8.67. The number of rotatable bonds is 4. The van der Waals surface area contributed by atoms with E-state index in [1.165, 1.54) is 32.1 Å². The number of hydrogen-bond donors (Lipinski definition) is 0. The van der Waals surface area contributed by atoms with E-state index in [9.17, 15) is 0 Å². The van der Waals surface area contributed by atoms with Crippen molar-refractivity contribution in [3.63, 3.8) is 0 Å². The van der Waals surface area contributed by atoms with Crippen LogP contribution in [0.4, 0.5) is 0 Å². The van der Waals surface area contributed by atoms with Crippen molar-refractivity contribution in [2.24, 2.45) is 0 Å². The third-order valence-electron chi connectivity index (χ3n) is 5.30. The second-order valence-electron chi connectivity index (χ2n) is 7.50. The van der Waals surface area contributed by atoms with E-state index in [4.69, 9.17) is 4.98 Å². The maximum Gasteiger partial charge on any atom is 0.159 e. The van der Waals surface area contributed by atoms with E-state index in [1.54, 1.807) is 12.4 Å². The summed E-state index contributed by atoms with van der Waals surface area (Å²) in [6, 6.07) is 17.1. The minimum Gasteiger partial charge on any atom is -0.293 e. The summed E-state index contributed by atoms with van der Waals surface area (Å²) in [5.74, 6) is 0.792. The summed E-state index contributed by atoms with van der Waals surface area (Å²) in [6.07, 6.45) is 6.53. The molecule has 1 aromatic carbocycles. The predicted molar refractivity (Wildman–Crippen MR) is 118 cm³/mol. The van der Waals surface area contributed by atoms with Crippen molar-refractivity contribution < 1.29 is 0 Å². The van der Waals surface area contributed by atoms with E-state index in [0.717, 1.165) is 37.4 Å². The Morgan fingerprint density at radius 2 is 1.93 bits per heavy atom. The average Bonchev–Trinajstić information content (AvgIpc) is 3.22. The van der Waals surface area contributed by atoms with Crippen molar-refractivity contribution in [3.8, 4) is 21.8 Å². The van der Waals surface area contributed by atoms with E-state index >= 15 is 0 Å². The van der Waals surface area contributed by atoms with Crippen molar-refractivity contribution in [2.75, 3.05) is 6.54 Å². The van der Waals surface area contributed by atoms with Crippen molar-refractivity contribution in [3.05, 3.63) is 88.8 Å². The molecule has 144 valence electrons. The average molecular weight is 399 g/mol. The molecule has 0 amide bonds. The van der Waals surface area contributed by atoms with Gasteiger partial charge in [-0.15, -0.1) is 11.3 Å². The van der Waals surface area contributed by atoms with Crippen molar-refractivity contribution in [1.82, 2.24) is 19.9 Å². The van der Waals surface area contributed by atoms with Gasteiger partial charge < -0.3 is 0 Å². The Balaban J connectivity index is 1.29. The monoisotopic (exact) mass is 398 g/mol. The first-order valence-electron chi connectivity index (χ1n) is 9.88. The van der Waals surface area contributed by atoms with Crippen LogP contribution in [0.1, 0.15) is 21.7 Å². The van der Waals surface area contributed by atoms with Crippen LogP contribution < -0.4 is 0 Å². The molecule has 4 aromatic rings. The second kappa shape index (κ2) is 7.85. The largest absolute Gasteiger partial charge is 0.293 e. The molecule has 0 spiro atoms. The van der Waals surface area contributed by atoms with Crippen LogP contribution in [-0.2, 0) is 19.5 Å². The quantitative estimate of drug-likeness (QED) is 0.478. The molecule has 0 saturated heterocycles. The molecule has 0 radical (unpaired) electrons. The third kappa shape index (κ3) is 3.97. The summed E-state index contributed by atoms with van der Waals surface area (Å²) in [4.78, 5) is 18.7. The highest BCUT2D eigenvalue weighted by Crippen LogP contribution is 2.30. The van der Waals surface area contributed by atoms with Gasteiger partial charge in [-0.05, 0) is 36.8 Å². The van der Waals surface area contributed by atoms with Crippen LogP contribution in [0, 0.1) is 6.92 Å². The summed E-state index contributed by atoms with van der Waals surface area (Å²) in [7, 11) is 0. The van der Waals surface area contributed by atoms with Crippen molar-refractivity contribution in [2.45, 2.75) is 26.4 Å². The maximum absolute atomic E-state index is 4.81. The fraction of sp³-hybridized carbons (Fsp3) is 0.208. The Labute approximate surface area is 174 Å². The highest BCUT2D eigenvalue weighted by molar-refractivity contribution is 7.15. The van der Waals surface area contributed by atoms with E-state index in [1.807, 2.05) is 29.7 Å². The highest BCUT2D eigenvalue weighted by atomic mass is 32.1. The lowest BCUT2D eigenvalue weighted by molar-refractivity contribution is 0.245. The van der Waals surface area contributed by atoms with Gasteiger partial charge in [0.1, 0.15) is 0 Å². The molecule has 0 fully saturated rings. The molecular weight excluding hydrogens is 376 g/mol. The van der Waals surface area contributed by atoms with E-state index in [0.29, 0.717) is 0 Å². The fourth-order valence-corrected chi connectivity index (χ4v) is 4.83. The normalized spacial score (nSPS) is 14.0. The molecule has 29 heavy (non-hydrogen) atoms. The lowest BCUT2D eigenvalue weighted by Gasteiger charge is -2.27. The van der Waals surface area contributed by atoms with Crippen LogP contribution in [0.5, 0.6) is 0 Å². The Hall–Kier alpha value is -2.89. The summed E-state index contributed by atoms with van der Waals surface area (Å²) >= 11 is 1.89. The minimum atomic E-state index is 0.792. The third-order valence-corrected chi connectivity index (χ3v) is 6.41. The number of thiophene rings is 1. The zero-order valence-electron chi connectivity index (χ0n) is 16.4. The van der Waals surface area contributed by atoms with Gasteiger partial charge in [-0.3, -0.25) is 9.88 Å². The Morgan fingerprint density at radius 3 is 2.79 bits per heavy atom. The molecule has 0 unspecified atom stereocenters. The van der Waals surface area contributed by atoms with Crippen LogP contribution in [0.3, 0.4) is 0 Å². The number of hydrogen-bond acceptors (Lipinski definition) is 5. The summed E-state index contributed by atoms with van der Waals surface area (Å²) in [5, 5.41) is 0. The Bertz CT molecular complexity index is 1140. The lowest BCUT2D eigenvalue weighted by Crippen LogP contribution is -2.30. The van der Waals surface area contributed by atoms with Gasteiger partial charge in [0, 0.05) is 65.5 Å². The molecule has 5 heteroatoms. The first-order valence-corrected chi connectivity index (χ1v) is 10.7. The molecule has 3 aromatic heterocycles. The van der Waals surface area contributed by atoms with Crippen LogP contribution in [0.15, 0.2) is 67.1 Å². The molecule has 0 bridgehead atoms. The lowest BCUT2D eigenvalue weighted by atomic mass is 10.1. The molecule has 0 atom stereocenters. The fourth-order valence-electron chi connectivity index (χ4n) is 3.79. The SMILES string of the molecule is Cc1cccc(-c2ccc(CN3CCc4nc(-c5ccncc5)ncc4C3)s2)c1. The summed E-state index contributed by atoms with van der Waals surface area (Å²) in [6.45, 7) is 5.05. The molecule has 1 aliphatic heterocycles. The predicted octanol–water partition coefficient (Wildman–Crippen LogP) is 5.13. The Morgan fingerprint density at radius 1 is 1.03 bits per heavy atom. The van der Waals surface area contributed by atoms with Crippen molar-refractivity contribution >= 4 is 11.3 Å². The zero-order chi connectivity index (χ0) is 19.6. The van der Waals surface area contributed by atoms with Gasteiger partial charge in [0.25, 0.3) is 0 Å². The maximum atomic E-state index is 4.81. The number of nitrogens with zero attached hydrogens (tertiary/aromatic N) is 4. The summed E-state index contributed by atoms with van der Waals surface area (Å²) < 4.78 is 0. The number of pyridine rings is 1. The van der Waals surface area contributed by atoms with Gasteiger partial charge in [-0.2, -0.15) is 0 Å². The molecule has 5 rings (SSSR count). The highest BCUT2D eigenvalue weighted by Gasteiger charge is 2.19. The number of benzene rings is 1. The molecule has 4 nitrogen and oxygen atoms in total. The van der Waals surface area contributed by atoms with Gasteiger partial charge in [0.15, 0.2) is 5.82 Å². The van der Waals surface area contributed by atoms with Crippen LogP contribution in [0.2, 0.25) is 0 Å². The van der Waals surface area contributed by atoms with Gasteiger partial charge in [-0.25, -0.2) is 9.97 Å². The number of aryl methyl sites for hydroxylation is 1. The molecule has 0 N–H and O–H groups in total. The van der Waals surface area contributed by atoms with Crippen LogP contribution in [-0.4, -0.2) is 26.4 Å². The van der Waals surface area contributed by atoms with Crippen LogP contribution in [0.25, 0.3) is 21.8 Å². The zero-order valence-corrected chi connectivity index (χ0v) is 17.2. The topological polar surface area (TPSA) is 41.9 Å². The van der Waals surface area contributed by atoms with Gasteiger partial charge in [0.05, 0.1) is 5.69 Å². The standard InChI is InChI=1S/C24H22N4S/c1-17-3-2-4-19(13-17)23-6-5-21(29-23)16-28-12-9-22-20(15-28)14-26-24(27-22)18-7-10-25-11-8-18/h2-8,10-11,13-14H,9,12,15-16H2,1H3. The smallest absolute Gasteiger partial charge is 0.159 e. The van der Waals surface area contributed by atoms with E-state index in [-0.39, 0.29) is 0 Å². The Kier molecular flexibility index (Phi) is 4.92. The van der Waals surface area contributed by atoms with Gasteiger partial charge >= 0.3 is 0 Å². The first kappa shape index (κ1) is 18.2. The number of fused-ring (bicyclic) bond motifs is 1. The minimum absolute atomic E-state index is 0.792.